The summed E-state index contributed by atoms with van der Waals surface area (Å²) in [4.78, 5) is 12.8. The Labute approximate surface area is 92.0 Å². The Balaban J connectivity index is 1.94. The first kappa shape index (κ1) is 9.03. The third-order valence-corrected chi connectivity index (χ3v) is 2.32. The maximum absolute atomic E-state index is 5.22. The van der Waals surface area contributed by atoms with Crippen LogP contribution in [0.15, 0.2) is 47.3 Å². The summed E-state index contributed by atoms with van der Waals surface area (Å²) in [6.07, 6.45) is 5.77. The van der Waals surface area contributed by atoms with Crippen molar-refractivity contribution < 1.29 is 4.42 Å². The van der Waals surface area contributed by atoms with Gasteiger partial charge in [-0.15, -0.1) is 0 Å². The fourth-order valence-corrected chi connectivity index (χ4v) is 1.54. The number of fused-ring (bicyclic) bond motifs is 1. The van der Waals surface area contributed by atoms with Gasteiger partial charge in [0.2, 0.25) is 5.71 Å². The van der Waals surface area contributed by atoms with Crippen LogP contribution in [0.2, 0.25) is 0 Å². The molecular weight excluding hydrogens is 202 g/mol. The molecule has 4 heteroatoms. The van der Waals surface area contributed by atoms with E-state index in [9.17, 15) is 0 Å². The normalized spacial score (nSPS) is 10.8. The van der Waals surface area contributed by atoms with Crippen LogP contribution >= 0.6 is 0 Å². The molecule has 3 aromatic rings. The predicted octanol–water partition coefficient (Wildman–Crippen LogP) is 2.21. The van der Waals surface area contributed by atoms with Crippen LogP contribution in [0, 0.1) is 0 Å². The fourth-order valence-electron chi connectivity index (χ4n) is 1.54. The highest BCUT2D eigenvalue weighted by Crippen LogP contribution is 2.12. The average molecular weight is 211 g/mol. The zero-order valence-electron chi connectivity index (χ0n) is 8.50. The monoisotopic (exact) mass is 211 g/mol. The number of rotatable bonds is 2. The van der Waals surface area contributed by atoms with E-state index in [1.54, 1.807) is 18.7 Å². The van der Waals surface area contributed by atoms with E-state index >= 15 is 0 Å². The third kappa shape index (κ3) is 1.65. The lowest BCUT2D eigenvalue weighted by molar-refractivity contribution is 0.600. The Bertz CT molecular complexity index is 604. The van der Waals surface area contributed by atoms with E-state index in [-0.39, 0.29) is 0 Å². The number of hydrogen-bond donors (Lipinski definition) is 0. The Morgan fingerprint density at radius 3 is 3.00 bits per heavy atom. The van der Waals surface area contributed by atoms with E-state index in [0.717, 1.165) is 16.9 Å². The molecule has 0 bridgehead atoms. The van der Waals surface area contributed by atoms with Gasteiger partial charge in [0.25, 0.3) is 0 Å². The van der Waals surface area contributed by atoms with Crippen molar-refractivity contribution in [1.29, 1.82) is 0 Å². The van der Waals surface area contributed by atoms with Gasteiger partial charge in [-0.05, 0) is 18.2 Å². The molecule has 16 heavy (non-hydrogen) atoms. The molecule has 0 radical (unpaired) electrons. The number of aromatic nitrogens is 3. The van der Waals surface area contributed by atoms with E-state index in [1.165, 1.54) is 0 Å². The molecule has 0 N–H and O–H groups in total. The van der Waals surface area contributed by atoms with E-state index in [1.807, 2.05) is 24.3 Å². The zero-order valence-corrected chi connectivity index (χ0v) is 8.50. The van der Waals surface area contributed by atoms with Gasteiger partial charge >= 0.3 is 0 Å². The van der Waals surface area contributed by atoms with Gasteiger partial charge in [-0.1, -0.05) is 6.07 Å². The Hall–Kier alpha value is -2.23. The van der Waals surface area contributed by atoms with Crippen molar-refractivity contribution in [1.82, 2.24) is 15.0 Å². The molecule has 4 nitrogen and oxygen atoms in total. The van der Waals surface area contributed by atoms with Crippen LogP contribution in [0.3, 0.4) is 0 Å². The van der Waals surface area contributed by atoms with Crippen LogP contribution in [0.4, 0.5) is 0 Å². The minimum Gasteiger partial charge on any atom is -0.446 e. The van der Waals surface area contributed by atoms with Crippen LogP contribution in [-0.4, -0.2) is 15.0 Å². The number of nitrogens with zero attached hydrogens (tertiary/aromatic N) is 3. The van der Waals surface area contributed by atoms with Gasteiger partial charge in [0, 0.05) is 18.1 Å². The number of pyridine rings is 1. The molecule has 0 atom stereocenters. The summed E-state index contributed by atoms with van der Waals surface area (Å²) in [5.74, 6) is 0.723. The van der Waals surface area contributed by atoms with Crippen LogP contribution in [0.1, 0.15) is 11.5 Å². The Morgan fingerprint density at radius 1 is 1.12 bits per heavy atom. The second kappa shape index (κ2) is 3.73. The molecular formula is C12H9N3O. The lowest BCUT2D eigenvalue weighted by Crippen LogP contribution is -1.97. The molecule has 0 fully saturated rings. The van der Waals surface area contributed by atoms with Gasteiger partial charge < -0.3 is 4.42 Å². The number of hydrogen-bond acceptors (Lipinski definition) is 4. The van der Waals surface area contributed by atoms with Crippen molar-refractivity contribution in [3.63, 3.8) is 0 Å². The van der Waals surface area contributed by atoms with Gasteiger partial charge in [-0.2, -0.15) is 4.98 Å². The van der Waals surface area contributed by atoms with Gasteiger partial charge in [0.1, 0.15) is 5.82 Å². The SMILES string of the molecule is c1ccc(Cc2ncc3ccoc3n2)nc1. The molecule has 0 aliphatic rings. The molecule has 3 rings (SSSR count). The lowest BCUT2D eigenvalue weighted by Gasteiger charge is -1.98. The molecule has 0 aliphatic carbocycles. The molecule has 3 heterocycles. The smallest absolute Gasteiger partial charge is 0.229 e. The lowest BCUT2D eigenvalue weighted by atomic mass is 10.2. The molecule has 0 aromatic carbocycles. The van der Waals surface area contributed by atoms with Crippen molar-refractivity contribution in [2.75, 3.05) is 0 Å². The van der Waals surface area contributed by atoms with Crippen molar-refractivity contribution in [3.05, 3.63) is 54.4 Å². The highest BCUT2D eigenvalue weighted by molar-refractivity contribution is 5.71. The van der Waals surface area contributed by atoms with E-state index < -0.39 is 0 Å². The fraction of sp³-hybridized carbons (Fsp3) is 0.0833. The zero-order chi connectivity index (χ0) is 10.8. The first-order valence-corrected chi connectivity index (χ1v) is 5.01. The second-order valence-electron chi connectivity index (χ2n) is 3.47. The molecule has 0 spiro atoms. The number of furan rings is 1. The molecule has 0 unspecified atom stereocenters. The molecule has 78 valence electrons. The summed E-state index contributed by atoms with van der Waals surface area (Å²) in [7, 11) is 0. The van der Waals surface area contributed by atoms with Gasteiger partial charge in [-0.3, -0.25) is 4.98 Å². The first-order valence-electron chi connectivity index (χ1n) is 5.01. The quantitative estimate of drug-likeness (QED) is 0.652. The summed E-state index contributed by atoms with van der Waals surface area (Å²) in [6.45, 7) is 0. The molecule has 0 saturated heterocycles. The maximum Gasteiger partial charge on any atom is 0.229 e. The predicted molar refractivity (Wildman–Crippen MR) is 58.8 cm³/mol. The van der Waals surface area contributed by atoms with Crippen molar-refractivity contribution in [3.8, 4) is 0 Å². The standard InChI is InChI=1S/C12H9N3O/c1-2-5-13-10(3-1)7-11-14-8-9-4-6-16-12(9)15-11/h1-6,8H,7H2. The molecule has 0 aliphatic heterocycles. The van der Waals surface area contributed by atoms with Crippen LogP contribution in [0.5, 0.6) is 0 Å². The minimum atomic E-state index is 0.622. The Morgan fingerprint density at radius 2 is 2.12 bits per heavy atom. The van der Waals surface area contributed by atoms with E-state index in [4.69, 9.17) is 4.42 Å². The molecule has 0 amide bonds. The largest absolute Gasteiger partial charge is 0.446 e. The van der Waals surface area contributed by atoms with Gasteiger partial charge in [0.05, 0.1) is 18.1 Å². The third-order valence-electron chi connectivity index (χ3n) is 2.32. The minimum absolute atomic E-state index is 0.622. The van der Waals surface area contributed by atoms with Crippen molar-refractivity contribution in [2.24, 2.45) is 0 Å². The summed E-state index contributed by atoms with van der Waals surface area (Å²) in [5, 5.41) is 0.921. The van der Waals surface area contributed by atoms with Crippen LogP contribution in [-0.2, 0) is 6.42 Å². The van der Waals surface area contributed by atoms with E-state index in [2.05, 4.69) is 15.0 Å². The summed E-state index contributed by atoms with van der Waals surface area (Å²) in [5.41, 5.74) is 1.58. The summed E-state index contributed by atoms with van der Waals surface area (Å²) in [6, 6.07) is 7.64. The summed E-state index contributed by atoms with van der Waals surface area (Å²) >= 11 is 0. The average Bonchev–Trinajstić information content (AvgIpc) is 2.77. The van der Waals surface area contributed by atoms with E-state index in [0.29, 0.717) is 12.1 Å². The van der Waals surface area contributed by atoms with Gasteiger partial charge in [0.15, 0.2) is 0 Å². The van der Waals surface area contributed by atoms with Crippen molar-refractivity contribution >= 4 is 11.1 Å². The van der Waals surface area contributed by atoms with Crippen LogP contribution in [0.25, 0.3) is 11.1 Å². The Kier molecular flexibility index (Phi) is 2.11. The highest BCUT2D eigenvalue weighted by atomic mass is 16.3. The molecule has 0 saturated carbocycles. The maximum atomic E-state index is 5.22. The first-order chi connectivity index (χ1) is 7.92. The molecule has 3 aromatic heterocycles. The van der Waals surface area contributed by atoms with Crippen LogP contribution < -0.4 is 0 Å². The highest BCUT2D eigenvalue weighted by Gasteiger charge is 2.03. The van der Waals surface area contributed by atoms with Crippen molar-refractivity contribution in [2.45, 2.75) is 6.42 Å². The van der Waals surface area contributed by atoms with Gasteiger partial charge in [-0.25, -0.2) is 4.98 Å². The summed E-state index contributed by atoms with van der Waals surface area (Å²) < 4.78 is 5.22. The second-order valence-corrected chi connectivity index (χ2v) is 3.47. The topological polar surface area (TPSA) is 51.8 Å².